The van der Waals surface area contributed by atoms with Crippen LogP contribution in [-0.2, 0) is 6.54 Å². The van der Waals surface area contributed by atoms with Gasteiger partial charge in [0.15, 0.2) is 0 Å². The van der Waals surface area contributed by atoms with Crippen molar-refractivity contribution < 1.29 is 0 Å². The summed E-state index contributed by atoms with van der Waals surface area (Å²) in [6.45, 7) is 1.32. The Bertz CT molecular complexity index is 567. The highest BCUT2D eigenvalue weighted by atomic mass is 127. The molecule has 0 aliphatic heterocycles. The van der Waals surface area contributed by atoms with Gasteiger partial charge in [-0.2, -0.15) is 5.26 Å². The molecule has 5 nitrogen and oxygen atoms in total. The second-order valence-corrected chi connectivity index (χ2v) is 5.05. The molecule has 0 aromatic carbocycles. The second kappa shape index (κ2) is 6.99. The van der Waals surface area contributed by atoms with Crippen LogP contribution in [-0.4, -0.2) is 21.5 Å². The number of aromatic nitrogens is 3. The lowest BCUT2D eigenvalue weighted by molar-refractivity contribution is 0.774. The highest BCUT2D eigenvalue weighted by Crippen LogP contribution is 2.20. The summed E-state index contributed by atoms with van der Waals surface area (Å²) in [6.07, 6.45) is 7.33. The summed E-state index contributed by atoms with van der Waals surface area (Å²) in [5, 5.41) is 8.77. The number of hydrogen-bond acceptors (Lipinski definition) is 5. The van der Waals surface area contributed by atoms with E-state index >= 15 is 0 Å². The highest BCUT2D eigenvalue weighted by Gasteiger charge is 2.12. The minimum atomic E-state index is 0.459. The SMILES string of the molecule is N#CCCN(Cc1cccnc1)c1ncncc1I. The predicted molar refractivity (Wildman–Crippen MR) is 80.3 cm³/mol. The van der Waals surface area contributed by atoms with Crippen molar-refractivity contribution in [3.63, 3.8) is 0 Å². The summed E-state index contributed by atoms with van der Waals surface area (Å²) in [4.78, 5) is 14.5. The van der Waals surface area contributed by atoms with Gasteiger partial charge in [0.2, 0.25) is 0 Å². The van der Waals surface area contributed by atoms with Gasteiger partial charge in [-0.05, 0) is 34.2 Å². The lowest BCUT2D eigenvalue weighted by Crippen LogP contribution is -2.25. The van der Waals surface area contributed by atoms with E-state index in [-0.39, 0.29) is 0 Å². The number of anilines is 1. The molecule has 2 aromatic heterocycles. The molecule has 19 heavy (non-hydrogen) atoms. The molecule has 0 amide bonds. The zero-order valence-corrected chi connectivity index (χ0v) is 12.4. The zero-order valence-electron chi connectivity index (χ0n) is 10.2. The van der Waals surface area contributed by atoms with Crippen LogP contribution >= 0.6 is 22.6 Å². The first-order valence-corrected chi connectivity index (χ1v) is 6.85. The fourth-order valence-electron chi connectivity index (χ4n) is 1.70. The third-order valence-corrected chi connectivity index (χ3v) is 3.30. The molecule has 0 fully saturated rings. The van der Waals surface area contributed by atoms with E-state index in [4.69, 9.17) is 5.26 Å². The molecule has 6 heteroatoms. The van der Waals surface area contributed by atoms with Crippen LogP contribution in [0.2, 0.25) is 0 Å². The Balaban J connectivity index is 2.22. The summed E-state index contributed by atoms with van der Waals surface area (Å²) in [5.74, 6) is 0.856. The molecule has 96 valence electrons. The third-order valence-electron chi connectivity index (χ3n) is 2.54. The lowest BCUT2D eigenvalue weighted by atomic mass is 10.2. The van der Waals surface area contributed by atoms with Gasteiger partial charge >= 0.3 is 0 Å². The Labute approximate surface area is 125 Å². The number of hydrogen-bond donors (Lipinski definition) is 0. The normalized spacial score (nSPS) is 9.89. The number of rotatable bonds is 5. The molecule has 0 saturated heterocycles. The van der Waals surface area contributed by atoms with Gasteiger partial charge in [-0.1, -0.05) is 6.07 Å². The van der Waals surface area contributed by atoms with E-state index in [1.165, 1.54) is 6.33 Å². The van der Waals surface area contributed by atoms with Crippen LogP contribution in [0.4, 0.5) is 5.82 Å². The number of nitriles is 1. The molecule has 2 rings (SSSR count). The van der Waals surface area contributed by atoms with Crippen molar-refractivity contribution in [1.82, 2.24) is 15.0 Å². The Morgan fingerprint density at radius 1 is 1.32 bits per heavy atom. The van der Waals surface area contributed by atoms with E-state index in [1.807, 2.05) is 18.3 Å². The Morgan fingerprint density at radius 2 is 2.21 bits per heavy atom. The Morgan fingerprint density at radius 3 is 2.89 bits per heavy atom. The molecule has 2 aromatic rings. The fourth-order valence-corrected chi connectivity index (χ4v) is 2.34. The summed E-state index contributed by atoms with van der Waals surface area (Å²) in [7, 11) is 0. The van der Waals surface area contributed by atoms with Crippen LogP contribution in [0.15, 0.2) is 37.1 Å². The first kappa shape index (κ1) is 13.7. The van der Waals surface area contributed by atoms with Gasteiger partial charge in [0.05, 0.1) is 16.1 Å². The molecular formula is C13H12IN5. The van der Waals surface area contributed by atoms with E-state index in [0.29, 0.717) is 19.5 Å². The van der Waals surface area contributed by atoms with Gasteiger partial charge in [-0.25, -0.2) is 9.97 Å². The molecule has 2 heterocycles. The predicted octanol–water partition coefficient (Wildman–Crippen LogP) is 2.40. The molecule has 0 spiro atoms. The molecule has 0 bridgehead atoms. The smallest absolute Gasteiger partial charge is 0.145 e. The van der Waals surface area contributed by atoms with Gasteiger partial charge in [0.1, 0.15) is 12.1 Å². The van der Waals surface area contributed by atoms with Crippen LogP contribution in [0.25, 0.3) is 0 Å². The van der Waals surface area contributed by atoms with E-state index < -0.39 is 0 Å². The second-order valence-electron chi connectivity index (χ2n) is 3.89. The first-order valence-electron chi connectivity index (χ1n) is 5.77. The Hall–Kier alpha value is -1.75. The van der Waals surface area contributed by atoms with Crippen LogP contribution in [0.1, 0.15) is 12.0 Å². The molecule has 0 aliphatic rings. The van der Waals surface area contributed by atoms with Crippen molar-refractivity contribution in [2.45, 2.75) is 13.0 Å². The van der Waals surface area contributed by atoms with Crippen molar-refractivity contribution in [2.24, 2.45) is 0 Å². The van der Waals surface area contributed by atoms with Gasteiger partial charge in [0, 0.05) is 31.7 Å². The summed E-state index contributed by atoms with van der Waals surface area (Å²) in [6, 6.07) is 6.09. The first-order chi connectivity index (χ1) is 9.31. The molecule has 0 unspecified atom stereocenters. The minimum Gasteiger partial charge on any atom is -0.350 e. The van der Waals surface area contributed by atoms with Crippen molar-refractivity contribution in [2.75, 3.05) is 11.4 Å². The van der Waals surface area contributed by atoms with E-state index in [0.717, 1.165) is 15.0 Å². The molecule has 0 saturated carbocycles. The summed E-state index contributed by atoms with van der Waals surface area (Å²) < 4.78 is 0.974. The number of halogens is 1. The van der Waals surface area contributed by atoms with Crippen molar-refractivity contribution >= 4 is 28.4 Å². The fraction of sp³-hybridized carbons (Fsp3) is 0.231. The number of nitrogens with zero attached hydrogens (tertiary/aromatic N) is 5. The van der Waals surface area contributed by atoms with Crippen LogP contribution in [0, 0.1) is 14.9 Å². The number of pyridine rings is 1. The zero-order chi connectivity index (χ0) is 13.5. The van der Waals surface area contributed by atoms with E-state index in [2.05, 4.69) is 48.5 Å². The standard InChI is InChI=1S/C13H12IN5/c14-12-8-17-10-18-13(12)19(6-2-4-15)9-11-3-1-5-16-7-11/h1,3,5,7-8,10H,2,6,9H2. The quantitative estimate of drug-likeness (QED) is 0.762. The van der Waals surface area contributed by atoms with Crippen LogP contribution in [0.5, 0.6) is 0 Å². The van der Waals surface area contributed by atoms with Gasteiger partial charge in [-0.3, -0.25) is 4.98 Å². The summed E-state index contributed by atoms with van der Waals surface area (Å²) in [5.41, 5.74) is 1.09. The molecule has 0 radical (unpaired) electrons. The maximum atomic E-state index is 8.77. The van der Waals surface area contributed by atoms with Crippen molar-refractivity contribution in [3.8, 4) is 6.07 Å². The summed E-state index contributed by atoms with van der Waals surface area (Å²) >= 11 is 2.20. The van der Waals surface area contributed by atoms with Crippen molar-refractivity contribution in [3.05, 3.63) is 46.2 Å². The maximum absolute atomic E-state index is 8.77. The topological polar surface area (TPSA) is 65.7 Å². The highest BCUT2D eigenvalue weighted by molar-refractivity contribution is 14.1. The molecule has 0 N–H and O–H groups in total. The average Bonchev–Trinajstić information content (AvgIpc) is 2.45. The minimum absolute atomic E-state index is 0.459. The monoisotopic (exact) mass is 365 g/mol. The lowest BCUT2D eigenvalue weighted by Gasteiger charge is -2.23. The largest absolute Gasteiger partial charge is 0.350 e. The van der Waals surface area contributed by atoms with E-state index in [1.54, 1.807) is 12.4 Å². The van der Waals surface area contributed by atoms with Gasteiger partial charge in [0.25, 0.3) is 0 Å². The maximum Gasteiger partial charge on any atom is 0.145 e. The molecular weight excluding hydrogens is 353 g/mol. The molecule has 0 aliphatic carbocycles. The Kier molecular flexibility index (Phi) is 5.03. The van der Waals surface area contributed by atoms with Gasteiger partial charge in [-0.15, -0.1) is 0 Å². The van der Waals surface area contributed by atoms with Crippen LogP contribution in [0.3, 0.4) is 0 Å². The van der Waals surface area contributed by atoms with Crippen molar-refractivity contribution in [1.29, 1.82) is 5.26 Å². The average molecular weight is 365 g/mol. The van der Waals surface area contributed by atoms with E-state index in [9.17, 15) is 0 Å². The van der Waals surface area contributed by atoms with Gasteiger partial charge < -0.3 is 4.90 Å². The van der Waals surface area contributed by atoms with Crippen LogP contribution < -0.4 is 4.90 Å². The third kappa shape index (κ3) is 3.86. The molecule has 0 atom stereocenters.